The molecule has 7 nitrogen and oxygen atoms in total. The van der Waals surface area contributed by atoms with E-state index in [4.69, 9.17) is 16.1 Å². The summed E-state index contributed by atoms with van der Waals surface area (Å²) >= 11 is 6.26. The van der Waals surface area contributed by atoms with Gasteiger partial charge in [-0.1, -0.05) is 22.8 Å². The summed E-state index contributed by atoms with van der Waals surface area (Å²) in [5, 5.41) is 10.1. The first-order valence-corrected chi connectivity index (χ1v) is 8.34. The first-order valence-electron chi connectivity index (χ1n) is 7.96. The van der Waals surface area contributed by atoms with Gasteiger partial charge in [0.05, 0.1) is 10.7 Å². The predicted molar refractivity (Wildman–Crippen MR) is 100 cm³/mol. The highest BCUT2D eigenvalue weighted by Gasteiger charge is 2.15. The zero-order chi connectivity index (χ0) is 18.8. The molecule has 2 heterocycles. The lowest BCUT2D eigenvalue weighted by atomic mass is 10.1. The van der Waals surface area contributed by atoms with Crippen molar-refractivity contribution in [3.8, 4) is 0 Å². The Balaban J connectivity index is 1.86. The minimum Gasteiger partial charge on any atom is -0.360 e. The molecule has 0 aliphatic carbocycles. The van der Waals surface area contributed by atoms with Gasteiger partial charge in [0.2, 0.25) is 0 Å². The molecule has 2 aromatic heterocycles. The lowest BCUT2D eigenvalue weighted by Gasteiger charge is -2.12. The van der Waals surface area contributed by atoms with Gasteiger partial charge in [-0.05, 0) is 44.9 Å². The van der Waals surface area contributed by atoms with E-state index in [0.29, 0.717) is 33.9 Å². The quantitative estimate of drug-likeness (QED) is 0.708. The molecule has 0 fully saturated rings. The van der Waals surface area contributed by atoms with Gasteiger partial charge in [0.15, 0.2) is 5.82 Å². The summed E-state index contributed by atoms with van der Waals surface area (Å²) in [6, 6.07) is 7.03. The lowest BCUT2D eigenvalue weighted by Crippen LogP contribution is -2.16. The number of hydrogen-bond acceptors (Lipinski definition) is 6. The Hall–Kier alpha value is -2.93. The maximum absolute atomic E-state index is 12.6. The third-order valence-corrected chi connectivity index (χ3v) is 3.92. The van der Waals surface area contributed by atoms with Crippen LogP contribution in [0.25, 0.3) is 0 Å². The molecule has 0 bridgehead atoms. The maximum Gasteiger partial charge on any atom is 0.274 e. The van der Waals surface area contributed by atoms with Crippen LogP contribution in [-0.4, -0.2) is 21.0 Å². The molecule has 3 rings (SSSR count). The second-order valence-corrected chi connectivity index (χ2v) is 6.43. The van der Waals surface area contributed by atoms with Crippen molar-refractivity contribution in [1.82, 2.24) is 15.1 Å². The van der Waals surface area contributed by atoms with Crippen LogP contribution in [0.15, 0.2) is 28.8 Å². The molecular formula is C18H18ClN5O2. The van der Waals surface area contributed by atoms with Gasteiger partial charge < -0.3 is 15.2 Å². The van der Waals surface area contributed by atoms with Crippen molar-refractivity contribution in [2.24, 2.45) is 0 Å². The first-order chi connectivity index (χ1) is 12.3. The van der Waals surface area contributed by atoms with Gasteiger partial charge >= 0.3 is 0 Å². The monoisotopic (exact) mass is 371 g/mol. The molecule has 26 heavy (non-hydrogen) atoms. The SMILES string of the molecule is Cc1cc(C)c(NC(=O)c2cc(Nc3cc(C)on3)nc(C)n2)c(Cl)c1. The van der Waals surface area contributed by atoms with Crippen molar-refractivity contribution < 1.29 is 9.32 Å². The van der Waals surface area contributed by atoms with Gasteiger partial charge in [0.25, 0.3) is 5.91 Å². The second-order valence-electron chi connectivity index (χ2n) is 6.03. The van der Waals surface area contributed by atoms with Crippen molar-refractivity contribution >= 4 is 34.8 Å². The molecule has 0 unspecified atom stereocenters. The summed E-state index contributed by atoms with van der Waals surface area (Å²) in [4.78, 5) is 21.1. The number of halogens is 1. The normalized spacial score (nSPS) is 10.7. The number of carbonyl (C=O) groups is 1. The Morgan fingerprint density at radius 2 is 1.81 bits per heavy atom. The van der Waals surface area contributed by atoms with E-state index in [9.17, 15) is 4.79 Å². The topological polar surface area (TPSA) is 92.9 Å². The summed E-state index contributed by atoms with van der Waals surface area (Å²) < 4.78 is 5.01. The van der Waals surface area contributed by atoms with Gasteiger partial charge in [-0.15, -0.1) is 0 Å². The fraction of sp³-hybridized carbons (Fsp3) is 0.222. The van der Waals surface area contributed by atoms with E-state index in [1.54, 1.807) is 32.0 Å². The number of benzene rings is 1. The van der Waals surface area contributed by atoms with Crippen LogP contribution >= 0.6 is 11.6 Å². The summed E-state index contributed by atoms with van der Waals surface area (Å²) in [7, 11) is 0. The average Bonchev–Trinajstić information content (AvgIpc) is 2.95. The zero-order valence-electron chi connectivity index (χ0n) is 14.8. The predicted octanol–water partition coefficient (Wildman–Crippen LogP) is 4.35. The molecule has 2 N–H and O–H groups in total. The van der Waals surface area contributed by atoms with Crippen molar-refractivity contribution in [3.63, 3.8) is 0 Å². The molecule has 0 saturated heterocycles. The number of hydrogen-bond donors (Lipinski definition) is 2. The van der Waals surface area contributed by atoms with Crippen LogP contribution < -0.4 is 10.6 Å². The first kappa shape index (κ1) is 17.9. The summed E-state index contributed by atoms with van der Waals surface area (Å²) in [6.07, 6.45) is 0. The van der Waals surface area contributed by atoms with Crippen molar-refractivity contribution in [2.45, 2.75) is 27.7 Å². The summed E-state index contributed by atoms with van der Waals surface area (Å²) in [5.74, 6) is 1.70. The average molecular weight is 372 g/mol. The smallest absolute Gasteiger partial charge is 0.274 e. The minimum absolute atomic E-state index is 0.219. The van der Waals surface area contributed by atoms with Crippen LogP contribution in [0.4, 0.5) is 17.3 Å². The Labute approximate surface area is 155 Å². The molecule has 1 aromatic carbocycles. The minimum atomic E-state index is -0.372. The van der Waals surface area contributed by atoms with Crippen LogP contribution in [0.1, 0.15) is 33.2 Å². The molecule has 0 aliphatic heterocycles. The molecule has 0 atom stereocenters. The van der Waals surface area contributed by atoms with E-state index in [0.717, 1.165) is 11.1 Å². The Bertz CT molecular complexity index is 960. The third kappa shape index (κ3) is 4.00. The largest absolute Gasteiger partial charge is 0.360 e. The molecule has 0 radical (unpaired) electrons. The number of anilines is 3. The number of aryl methyl sites for hydroxylation is 4. The molecule has 0 saturated carbocycles. The molecule has 134 valence electrons. The van der Waals surface area contributed by atoms with E-state index < -0.39 is 0 Å². The van der Waals surface area contributed by atoms with E-state index >= 15 is 0 Å². The number of nitrogens with zero attached hydrogens (tertiary/aromatic N) is 3. The number of carbonyl (C=O) groups excluding carboxylic acids is 1. The summed E-state index contributed by atoms with van der Waals surface area (Å²) in [6.45, 7) is 7.33. The van der Waals surface area contributed by atoms with E-state index in [2.05, 4.69) is 25.8 Å². The van der Waals surface area contributed by atoms with Gasteiger partial charge in [-0.2, -0.15) is 0 Å². The number of rotatable bonds is 4. The number of amides is 1. The van der Waals surface area contributed by atoms with Gasteiger partial charge in [-0.3, -0.25) is 4.79 Å². The van der Waals surface area contributed by atoms with Crippen molar-refractivity contribution in [3.05, 3.63) is 57.7 Å². The maximum atomic E-state index is 12.6. The Morgan fingerprint density at radius 1 is 1.04 bits per heavy atom. The van der Waals surface area contributed by atoms with E-state index in [1.807, 2.05) is 19.9 Å². The van der Waals surface area contributed by atoms with Crippen LogP contribution in [0.2, 0.25) is 5.02 Å². The molecule has 8 heteroatoms. The molecule has 0 aliphatic rings. The molecule has 1 amide bonds. The van der Waals surface area contributed by atoms with Gasteiger partial charge in [-0.25, -0.2) is 9.97 Å². The standard InChI is InChI=1S/C18H18ClN5O2/c1-9-5-10(2)17(13(19)6-9)23-18(25)14-8-15(21-12(4)20-14)22-16-7-11(3)26-24-16/h5-8H,1-4H3,(H,23,25)(H,20,21,22,24). The fourth-order valence-electron chi connectivity index (χ4n) is 2.56. The van der Waals surface area contributed by atoms with Crippen molar-refractivity contribution in [1.29, 1.82) is 0 Å². The highest BCUT2D eigenvalue weighted by Crippen LogP contribution is 2.28. The van der Waals surface area contributed by atoms with Gasteiger partial charge in [0.1, 0.15) is 23.1 Å². The zero-order valence-corrected chi connectivity index (χ0v) is 15.6. The number of nitrogens with one attached hydrogen (secondary N) is 2. The van der Waals surface area contributed by atoms with E-state index in [1.165, 1.54) is 0 Å². The Morgan fingerprint density at radius 3 is 2.46 bits per heavy atom. The summed E-state index contributed by atoms with van der Waals surface area (Å²) in [5.41, 5.74) is 2.69. The van der Waals surface area contributed by atoms with Crippen LogP contribution in [-0.2, 0) is 0 Å². The van der Waals surface area contributed by atoms with Crippen LogP contribution in [0.5, 0.6) is 0 Å². The Kier molecular flexibility index (Phi) is 4.90. The van der Waals surface area contributed by atoms with E-state index in [-0.39, 0.29) is 11.6 Å². The highest BCUT2D eigenvalue weighted by atomic mass is 35.5. The van der Waals surface area contributed by atoms with Crippen LogP contribution in [0, 0.1) is 27.7 Å². The lowest BCUT2D eigenvalue weighted by molar-refractivity contribution is 0.102. The molecule has 0 spiro atoms. The molecular weight excluding hydrogens is 354 g/mol. The highest BCUT2D eigenvalue weighted by molar-refractivity contribution is 6.34. The van der Waals surface area contributed by atoms with Gasteiger partial charge in [0, 0.05) is 12.1 Å². The van der Waals surface area contributed by atoms with Crippen molar-refractivity contribution in [2.75, 3.05) is 10.6 Å². The molecule has 3 aromatic rings. The second kappa shape index (κ2) is 7.13. The number of aromatic nitrogens is 3. The fourth-order valence-corrected chi connectivity index (χ4v) is 2.92. The van der Waals surface area contributed by atoms with Crippen LogP contribution in [0.3, 0.4) is 0 Å². The third-order valence-electron chi connectivity index (χ3n) is 3.62.